The molecule has 1 rings (SSSR count). The molecule has 0 aliphatic carbocycles. The maximum absolute atomic E-state index is 11.1. The van der Waals surface area contributed by atoms with Gasteiger partial charge >= 0.3 is 0 Å². The molecule has 0 fully saturated rings. The molecule has 0 spiro atoms. The van der Waals surface area contributed by atoms with E-state index in [-0.39, 0.29) is 19.0 Å². The molecule has 0 heterocycles. The Labute approximate surface area is 106 Å². The van der Waals surface area contributed by atoms with E-state index in [0.717, 1.165) is 11.4 Å². The zero-order chi connectivity index (χ0) is 12.5. The number of hydrogen-bond donors (Lipinski definition) is 2. The smallest absolute Gasteiger partial charge is 0.234 e. The van der Waals surface area contributed by atoms with Crippen molar-refractivity contribution in [3.05, 3.63) is 34.9 Å². The molecule has 1 aromatic carbocycles. The number of nitrogens with one attached hydrogen (secondary N) is 2. The number of nitriles is 1. The predicted octanol–water partition coefficient (Wildman–Crippen LogP) is 1.11. The van der Waals surface area contributed by atoms with Crippen LogP contribution in [-0.4, -0.2) is 25.5 Å². The van der Waals surface area contributed by atoms with Gasteiger partial charge in [0, 0.05) is 5.02 Å². The van der Waals surface area contributed by atoms with Crippen LogP contribution in [0, 0.1) is 11.3 Å². The Morgan fingerprint density at radius 2 is 2.06 bits per heavy atom. The van der Waals surface area contributed by atoms with Crippen molar-refractivity contribution in [2.24, 2.45) is 0 Å². The lowest BCUT2D eigenvalue weighted by Crippen LogP contribution is -2.34. The van der Waals surface area contributed by atoms with Gasteiger partial charge < -0.3 is 10.6 Å². The summed E-state index contributed by atoms with van der Waals surface area (Å²) in [6, 6.07) is 9.45. The zero-order valence-corrected chi connectivity index (χ0v) is 10.1. The van der Waals surface area contributed by atoms with Gasteiger partial charge in [0.25, 0.3) is 0 Å². The molecule has 0 radical (unpaired) electrons. The quantitative estimate of drug-likeness (QED) is 0.588. The second-order valence-electron chi connectivity index (χ2n) is 3.49. The maximum Gasteiger partial charge on any atom is 0.234 e. The third-order valence-electron chi connectivity index (χ3n) is 2.15. The van der Waals surface area contributed by atoms with Crippen molar-refractivity contribution in [1.29, 1.82) is 5.26 Å². The van der Waals surface area contributed by atoms with Gasteiger partial charge in [-0.1, -0.05) is 23.7 Å². The summed E-state index contributed by atoms with van der Waals surface area (Å²) < 4.78 is 0. The number of halogens is 1. The lowest BCUT2D eigenvalue weighted by molar-refractivity contribution is -0.120. The van der Waals surface area contributed by atoms with Crippen molar-refractivity contribution in [3.63, 3.8) is 0 Å². The molecule has 0 aliphatic heterocycles. The van der Waals surface area contributed by atoms with Gasteiger partial charge in [-0.2, -0.15) is 5.26 Å². The molecule has 5 heteroatoms. The minimum Gasteiger partial charge on any atom is -0.342 e. The van der Waals surface area contributed by atoms with Gasteiger partial charge in [0.15, 0.2) is 0 Å². The highest BCUT2D eigenvalue weighted by Crippen LogP contribution is 2.09. The molecule has 90 valence electrons. The monoisotopic (exact) mass is 251 g/mol. The lowest BCUT2D eigenvalue weighted by atomic mass is 10.1. The third kappa shape index (κ3) is 5.91. The van der Waals surface area contributed by atoms with E-state index in [4.69, 9.17) is 16.9 Å². The van der Waals surface area contributed by atoms with Crippen LogP contribution in [0.4, 0.5) is 0 Å². The summed E-state index contributed by atoms with van der Waals surface area (Å²) in [6.45, 7) is 0.995. The molecule has 0 aromatic heterocycles. The van der Waals surface area contributed by atoms with E-state index in [1.165, 1.54) is 5.56 Å². The summed E-state index contributed by atoms with van der Waals surface area (Å²) in [4.78, 5) is 11.1. The highest BCUT2D eigenvalue weighted by molar-refractivity contribution is 6.30. The van der Waals surface area contributed by atoms with Crippen molar-refractivity contribution in [3.8, 4) is 6.07 Å². The summed E-state index contributed by atoms with van der Waals surface area (Å²) in [7, 11) is 0. The van der Waals surface area contributed by atoms with Crippen molar-refractivity contribution < 1.29 is 4.79 Å². The molecule has 0 aliphatic rings. The number of hydrogen-bond acceptors (Lipinski definition) is 3. The summed E-state index contributed by atoms with van der Waals surface area (Å²) in [5.74, 6) is -0.164. The number of carbonyl (C=O) groups is 1. The van der Waals surface area contributed by atoms with Crippen molar-refractivity contribution in [2.75, 3.05) is 19.6 Å². The number of benzene rings is 1. The van der Waals surface area contributed by atoms with Crippen molar-refractivity contribution in [2.45, 2.75) is 6.42 Å². The molecule has 0 saturated heterocycles. The van der Waals surface area contributed by atoms with E-state index in [2.05, 4.69) is 10.6 Å². The summed E-state index contributed by atoms with van der Waals surface area (Å²) in [5.41, 5.74) is 1.17. The fraction of sp³-hybridized carbons (Fsp3) is 0.333. The van der Waals surface area contributed by atoms with Crippen LogP contribution in [0.3, 0.4) is 0 Å². The maximum atomic E-state index is 11.1. The van der Waals surface area contributed by atoms with Crippen LogP contribution < -0.4 is 10.6 Å². The molecular formula is C12H14ClN3O. The first-order valence-corrected chi connectivity index (χ1v) is 5.69. The number of nitrogens with zero attached hydrogens (tertiary/aromatic N) is 1. The molecule has 17 heavy (non-hydrogen) atoms. The zero-order valence-electron chi connectivity index (χ0n) is 9.37. The van der Waals surface area contributed by atoms with Gasteiger partial charge in [0.2, 0.25) is 5.91 Å². The van der Waals surface area contributed by atoms with Crippen LogP contribution in [0.2, 0.25) is 5.02 Å². The molecule has 4 nitrogen and oxygen atoms in total. The highest BCUT2D eigenvalue weighted by atomic mass is 35.5. The van der Waals surface area contributed by atoms with Gasteiger partial charge in [0.1, 0.15) is 6.54 Å². The fourth-order valence-corrected chi connectivity index (χ4v) is 1.41. The Morgan fingerprint density at radius 1 is 1.35 bits per heavy atom. The Hall–Kier alpha value is -1.57. The molecule has 0 unspecified atom stereocenters. The van der Waals surface area contributed by atoms with E-state index in [9.17, 15) is 4.79 Å². The van der Waals surface area contributed by atoms with Crippen LogP contribution in [0.1, 0.15) is 5.56 Å². The number of carbonyl (C=O) groups excluding carboxylic acids is 1. The van der Waals surface area contributed by atoms with Crippen LogP contribution in [0.5, 0.6) is 0 Å². The van der Waals surface area contributed by atoms with E-state index in [1.54, 1.807) is 0 Å². The average molecular weight is 252 g/mol. The van der Waals surface area contributed by atoms with Gasteiger partial charge in [-0.25, -0.2) is 0 Å². The Kier molecular flexibility index (Phi) is 6.08. The van der Waals surface area contributed by atoms with Crippen molar-refractivity contribution >= 4 is 17.5 Å². The van der Waals surface area contributed by atoms with E-state index < -0.39 is 0 Å². The predicted molar refractivity (Wildman–Crippen MR) is 66.6 cm³/mol. The third-order valence-corrected chi connectivity index (χ3v) is 2.41. The van der Waals surface area contributed by atoms with Gasteiger partial charge in [-0.05, 0) is 30.7 Å². The SMILES string of the molecule is N#CCNC(=O)CNCCc1ccc(Cl)cc1. The van der Waals surface area contributed by atoms with Crippen LogP contribution in [-0.2, 0) is 11.2 Å². The summed E-state index contributed by atoms with van der Waals surface area (Å²) >= 11 is 5.77. The van der Waals surface area contributed by atoms with Crippen LogP contribution in [0.25, 0.3) is 0 Å². The lowest BCUT2D eigenvalue weighted by Gasteiger charge is -2.04. The van der Waals surface area contributed by atoms with Crippen molar-refractivity contribution in [1.82, 2.24) is 10.6 Å². The second-order valence-corrected chi connectivity index (χ2v) is 3.92. The van der Waals surface area contributed by atoms with Crippen LogP contribution >= 0.6 is 11.6 Å². The summed E-state index contributed by atoms with van der Waals surface area (Å²) in [6.07, 6.45) is 0.836. The van der Waals surface area contributed by atoms with E-state index in [1.807, 2.05) is 30.3 Å². The largest absolute Gasteiger partial charge is 0.342 e. The minimum atomic E-state index is -0.164. The Bertz CT molecular complexity index is 397. The molecule has 0 bridgehead atoms. The van der Waals surface area contributed by atoms with Gasteiger partial charge in [-0.15, -0.1) is 0 Å². The van der Waals surface area contributed by atoms with E-state index in [0.29, 0.717) is 6.54 Å². The minimum absolute atomic E-state index is 0.0533. The first kappa shape index (κ1) is 13.5. The molecular weight excluding hydrogens is 238 g/mol. The highest BCUT2D eigenvalue weighted by Gasteiger charge is 1.99. The summed E-state index contributed by atoms with van der Waals surface area (Å²) in [5, 5.41) is 14.4. The molecule has 1 aromatic rings. The normalized spacial score (nSPS) is 9.65. The standard InChI is InChI=1S/C12H14ClN3O/c13-11-3-1-10(2-4-11)5-7-15-9-12(17)16-8-6-14/h1-4,15H,5,7-9H2,(H,16,17). The molecule has 1 amide bonds. The number of amides is 1. The first-order valence-electron chi connectivity index (χ1n) is 5.31. The first-order chi connectivity index (χ1) is 8.22. The van der Waals surface area contributed by atoms with E-state index >= 15 is 0 Å². The Balaban J connectivity index is 2.14. The fourth-order valence-electron chi connectivity index (χ4n) is 1.29. The van der Waals surface area contributed by atoms with Gasteiger partial charge in [0.05, 0.1) is 12.6 Å². The van der Waals surface area contributed by atoms with Gasteiger partial charge in [-0.3, -0.25) is 4.79 Å². The molecule has 0 atom stereocenters. The average Bonchev–Trinajstić information content (AvgIpc) is 2.34. The Morgan fingerprint density at radius 3 is 2.71 bits per heavy atom. The molecule has 0 saturated carbocycles. The number of rotatable bonds is 6. The topological polar surface area (TPSA) is 64.9 Å². The second kappa shape index (κ2) is 7.66. The molecule has 2 N–H and O–H groups in total. The van der Waals surface area contributed by atoms with Crippen LogP contribution in [0.15, 0.2) is 24.3 Å².